The van der Waals surface area contributed by atoms with Crippen LogP contribution in [-0.2, 0) is 11.3 Å². The average Bonchev–Trinajstić information content (AvgIpc) is 2.61. The molecule has 1 N–H and O–H groups in total. The molecule has 0 fully saturated rings. The van der Waals surface area contributed by atoms with Gasteiger partial charge in [-0.25, -0.2) is 4.39 Å². The van der Waals surface area contributed by atoms with Crippen molar-refractivity contribution in [1.82, 2.24) is 4.90 Å². The number of rotatable bonds is 7. The Morgan fingerprint density at radius 3 is 2.62 bits per heavy atom. The third-order valence-corrected chi connectivity index (χ3v) is 4.79. The minimum Gasteiger partial charge on any atom is -0.494 e. The van der Waals surface area contributed by atoms with Crippen molar-refractivity contribution in [2.75, 3.05) is 25.5 Å². The van der Waals surface area contributed by atoms with Crippen LogP contribution in [0.4, 0.5) is 10.1 Å². The molecule has 0 aliphatic rings. The molecule has 0 bridgehead atoms. The fraction of sp³-hybridized carbons (Fsp3) is 0.316. The highest BCUT2D eigenvalue weighted by Gasteiger charge is 2.15. The molecule has 4 nitrogen and oxygen atoms in total. The van der Waals surface area contributed by atoms with Gasteiger partial charge in [0, 0.05) is 6.54 Å². The maximum atomic E-state index is 13.8. The van der Waals surface area contributed by atoms with Gasteiger partial charge >= 0.3 is 0 Å². The minimum atomic E-state index is -0.427. The summed E-state index contributed by atoms with van der Waals surface area (Å²) < 4.78 is 18.7. The van der Waals surface area contributed by atoms with Crippen LogP contribution in [0.5, 0.6) is 5.75 Å². The highest BCUT2D eigenvalue weighted by molar-refractivity contribution is 6.40. The van der Waals surface area contributed by atoms with Gasteiger partial charge in [0.05, 0.1) is 29.4 Å². The molecule has 0 saturated heterocycles. The summed E-state index contributed by atoms with van der Waals surface area (Å²) in [4.78, 5) is 14.3. The molecule has 1 amide bonds. The van der Waals surface area contributed by atoms with Gasteiger partial charge in [0.2, 0.25) is 5.91 Å². The number of nitrogens with zero attached hydrogens (tertiary/aromatic N) is 1. The van der Waals surface area contributed by atoms with Crippen molar-refractivity contribution >= 4 is 34.8 Å². The SMILES string of the molecule is CCN(CC(=O)Nc1c(Cl)ccc(C)c1Cl)Cc1ccc(OC)c(F)c1. The largest absolute Gasteiger partial charge is 0.494 e. The van der Waals surface area contributed by atoms with Crippen LogP contribution in [0.1, 0.15) is 18.1 Å². The van der Waals surface area contributed by atoms with Crippen LogP contribution in [0.3, 0.4) is 0 Å². The van der Waals surface area contributed by atoms with Crippen molar-refractivity contribution in [1.29, 1.82) is 0 Å². The highest BCUT2D eigenvalue weighted by Crippen LogP contribution is 2.32. The van der Waals surface area contributed by atoms with E-state index in [2.05, 4.69) is 5.32 Å². The number of carbonyl (C=O) groups is 1. The van der Waals surface area contributed by atoms with Crippen LogP contribution in [0.2, 0.25) is 10.0 Å². The molecule has 0 unspecified atom stereocenters. The zero-order valence-electron chi connectivity index (χ0n) is 14.9. The van der Waals surface area contributed by atoms with E-state index in [1.165, 1.54) is 13.2 Å². The third-order valence-electron chi connectivity index (χ3n) is 3.99. The van der Waals surface area contributed by atoms with Gasteiger partial charge in [-0.05, 0) is 42.8 Å². The summed E-state index contributed by atoms with van der Waals surface area (Å²) in [5.74, 6) is -0.475. The van der Waals surface area contributed by atoms with E-state index >= 15 is 0 Å². The second kappa shape index (κ2) is 9.21. The zero-order valence-corrected chi connectivity index (χ0v) is 16.4. The Labute approximate surface area is 162 Å². The van der Waals surface area contributed by atoms with Gasteiger partial charge in [-0.2, -0.15) is 0 Å². The van der Waals surface area contributed by atoms with Gasteiger partial charge < -0.3 is 10.1 Å². The standard InChI is InChI=1S/C19H21Cl2FN2O2/c1-4-24(10-13-6-8-16(26-3)15(22)9-13)11-17(25)23-19-14(20)7-5-12(2)18(19)21/h5-9H,4,10-11H2,1-3H3,(H,23,25). The van der Waals surface area contributed by atoms with Gasteiger partial charge in [-0.15, -0.1) is 0 Å². The fourth-order valence-electron chi connectivity index (χ4n) is 2.50. The first-order valence-corrected chi connectivity index (χ1v) is 8.90. The molecule has 0 aliphatic heterocycles. The van der Waals surface area contributed by atoms with Crippen molar-refractivity contribution in [3.8, 4) is 5.75 Å². The van der Waals surface area contributed by atoms with E-state index in [0.29, 0.717) is 28.8 Å². The Hall–Kier alpha value is -1.82. The molecule has 0 aliphatic carbocycles. The van der Waals surface area contributed by atoms with Crippen molar-refractivity contribution in [2.45, 2.75) is 20.4 Å². The molecule has 0 radical (unpaired) electrons. The lowest BCUT2D eigenvalue weighted by Gasteiger charge is -2.21. The number of anilines is 1. The predicted octanol–water partition coefficient (Wildman–Crippen LogP) is 4.91. The Morgan fingerprint density at radius 2 is 2.00 bits per heavy atom. The number of methoxy groups -OCH3 is 1. The van der Waals surface area contributed by atoms with E-state index < -0.39 is 5.82 Å². The number of ether oxygens (including phenoxy) is 1. The van der Waals surface area contributed by atoms with Crippen molar-refractivity contribution in [2.24, 2.45) is 0 Å². The average molecular weight is 399 g/mol. The second-order valence-corrected chi connectivity index (χ2v) is 6.66. The number of hydrogen-bond donors (Lipinski definition) is 1. The molecule has 2 aromatic carbocycles. The zero-order chi connectivity index (χ0) is 19.3. The lowest BCUT2D eigenvalue weighted by molar-refractivity contribution is -0.117. The Kier molecular flexibility index (Phi) is 7.26. The smallest absolute Gasteiger partial charge is 0.238 e. The molecule has 0 saturated carbocycles. The number of carbonyl (C=O) groups excluding carboxylic acids is 1. The monoisotopic (exact) mass is 398 g/mol. The predicted molar refractivity (Wildman–Crippen MR) is 104 cm³/mol. The van der Waals surface area contributed by atoms with E-state index in [9.17, 15) is 9.18 Å². The lowest BCUT2D eigenvalue weighted by Crippen LogP contribution is -2.33. The van der Waals surface area contributed by atoms with Crippen LogP contribution in [0.25, 0.3) is 0 Å². The topological polar surface area (TPSA) is 41.6 Å². The molecule has 0 aromatic heterocycles. The van der Waals surface area contributed by atoms with Crippen LogP contribution in [0.15, 0.2) is 30.3 Å². The van der Waals surface area contributed by atoms with Gasteiger partial charge in [0.15, 0.2) is 11.6 Å². The number of nitrogens with one attached hydrogen (secondary N) is 1. The molecular weight excluding hydrogens is 378 g/mol. The molecule has 7 heteroatoms. The number of hydrogen-bond acceptors (Lipinski definition) is 3. The van der Waals surface area contributed by atoms with Gasteiger partial charge in [-0.1, -0.05) is 42.3 Å². The van der Waals surface area contributed by atoms with Crippen LogP contribution in [0, 0.1) is 12.7 Å². The summed E-state index contributed by atoms with van der Waals surface area (Å²) in [7, 11) is 1.42. The summed E-state index contributed by atoms with van der Waals surface area (Å²) in [6.45, 7) is 4.95. The van der Waals surface area contributed by atoms with Crippen LogP contribution >= 0.6 is 23.2 Å². The fourth-order valence-corrected chi connectivity index (χ4v) is 2.96. The molecule has 2 rings (SSSR count). The van der Waals surface area contributed by atoms with E-state index in [-0.39, 0.29) is 18.2 Å². The maximum Gasteiger partial charge on any atom is 0.238 e. The normalized spacial score (nSPS) is 10.9. The van der Waals surface area contributed by atoms with E-state index in [4.69, 9.17) is 27.9 Å². The quantitative estimate of drug-likeness (QED) is 0.720. The molecule has 2 aromatic rings. The van der Waals surface area contributed by atoms with Crippen LogP contribution in [-0.4, -0.2) is 31.0 Å². The van der Waals surface area contributed by atoms with E-state index in [0.717, 1.165) is 11.1 Å². The third kappa shape index (κ3) is 5.10. The van der Waals surface area contributed by atoms with Crippen molar-refractivity contribution < 1.29 is 13.9 Å². The molecule has 0 spiro atoms. The molecule has 140 valence electrons. The first-order chi connectivity index (χ1) is 12.3. The second-order valence-electron chi connectivity index (χ2n) is 5.87. The molecule has 26 heavy (non-hydrogen) atoms. The maximum absolute atomic E-state index is 13.8. The summed E-state index contributed by atoms with van der Waals surface area (Å²) in [5, 5.41) is 3.57. The van der Waals surface area contributed by atoms with Gasteiger partial charge in [-0.3, -0.25) is 9.69 Å². The minimum absolute atomic E-state index is 0.130. The first-order valence-electron chi connectivity index (χ1n) is 8.15. The number of benzene rings is 2. The first kappa shape index (κ1) is 20.5. The summed E-state index contributed by atoms with van der Waals surface area (Å²) >= 11 is 12.3. The van der Waals surface area contributed by atoms with Gasteiger partial charge in [0.1, 0.15) is 0 Å². The lowest BCUT2D eigenvalue weighted by atomic mass is 10.2. The summed E-state index contributed by atoms with van der Waals surface area (Å²) in [6.07, 6.45) is 0. The van der Waals surface area contributed by atoms with E-state index in [1.54, 1.807) is 24.3 Å². The highest BCUT2D eigenvalue weighted by atomic mass is 35.5. The molecule has 0 atom stereocenters. The van der Waals surface area contributed by atoms with Crippen molar-refractivity contribution in [3.63, 3.8) is 0 Å². The molecular formula is C19H21Cl2FN2O2. The Bertz CT molecular complexity index is 799. The number of likely N-dealkylation sites (N-methyl/N-ethyl adjacent to an activating group) is 1. The number of aryl methyl sites for hydroxylation is 1. The van der Waals surface area contributed by atoms with E-state index in [1.807, 2.05) is 18.7 Å². The van der Waals surface area contributed by atoms with Crippen molar-refractivity contribution in [3.05, 3.63) is 57.3 Å². The summed E-state index contributed by atoms with van der Waals surface area (Å²) in [5.41, 5.74) is 1.99. The Morgan fingerprint density at radius 1 is 1.27 bits per heavy atom. The number of halogens is 3. The van der Waals surface area contributed by atoms with Crippen LogP contribution < -0.4 is 10.1 Å². The van der Waals surface area contributed by atoms with Gasteiger partial charge in [0.25, 0.3) is 0 Å². The molecule has 0 heterocycles. The Balaban J connectivity index is 2.05. The number of amides is 1. The summed E-state index contributed by atoms with van der Waals surface area (Å²) in [6, 6.07) is 8.24.